The van der Waals surface area contributed by atoms with Gasteiger partial charge in [0.15, 0.2) is 5.65 Å². The molecule has 2 heterocycles. The van der Waals surface area contributed by atoms with Gasteiger partial charge in [0.25, 0.3) is 5.88 Å². The Morgan fingerprint density at radius 1 is 1.12 bits per heavy atom. The van der Waals surface area contributed by atoms with Crippen molar-refractivity contribution in [3.8, 4) is 5.88 Å². The Hall–Kier alpha value is -1.91. The van der Waals surface area contributed by atoms with E-state index in [0.29, 0.717) is 11.3 Å². The lowest BCUT2D eigenvalue weighted by molar-refractivity contribution is -0.0501. The Morgan fingerprint density at radius 3 is 2.21 bits per heavy atom. The molecule has 0 spiro atoms. The van der Waals surface area contributed by atoms with Gasteiger partial charge in [0.2, 0.25) is 0 Å². The van der Waals surface area contributed by atoms with Crippen molar-refractivity contribution in [2.75, 3.05) is 0 Å². The van der Waals surface area contributed by atoms with Crippen molar-refractivity contribution in [1.82, 2.24) is 19.7 Å². The molecule has 0 saturated carbocycles. The highest BCUT2D eigenvalue weighted by Gasteiger charge is 2.49. The summed E-state index contributed by atoms with van der Waals surface area (Å²) in [5, 5.41) is 4.32. The fraction of sp³-hybridized carbons (Fsp3) is 0.615. The van der Waals surface area contributed by atoms with Gasteiger partial charge in [-0.2, -0.15) is 26.7 Å². The van der Waals surface area contributed by atoms with E-state index in [9.17, 15) is 21.6 Å². The van der Waals surface area contributed by atoms with Crippen molar-refractivity contribution in [2.24, 2.45) is 0 Å². The van der Waals surface area contributed by atoms with E-state index < -0.39 is 21.5 Å². The average molecular weight is 366 g/mol. The van der Waals surface area contributed by atoms with Crippen molar-refractivity contribution < 1.29 is 25.8 Å². The molecule has 0 bridgehead atoms. The molecule has 0 radical (unpaired) electrons. The summed E-state index contributed by atoms with van der Waals surface area (Å²) in [4.78, 5) is 8.06. The summed E-state index contributed by atoms with van der Waals surface area (Å²) in [6.07, 6.45) is 1.57. The van der Waals surface area contributed by atoms with E-state index in [0.717, 1.165) is 12.8 Å². The molecule has 0 fully saturated rings. The Kier molecular flexibility index (Phi) is 4.75. The third-order valence-corrected chi connectivity index (χ3v) is 4.53. The maximum Gasteiger partial charge on any atom is 0.534 e. The van der Waals surface area contributed by atoms with Crippen LogP contribution in [0.4, 0.5) is 13.2 Å². The predicted molar refractivity (Wildman–Crippen MR) is 80.0 cm³/mol. The second-order valence-electron chi connectivity index (χ2n) is 5.27. The molecule has 0 aromatic carbocycles. The normalized spacial score (nSPS) is 13.0. The first-order chi connectivity index (χ1) is 11.0. The van der Waals surface area contributed by atoms with Crippen molar-refractivity contribution >= 4 is 21.3 Å². The van der Waals surface area contributed by atoms with Crippen LogP contribution in [-0.4, -0.2) is 33.7 Å². The summed E-state index contributed by atoms with van der Waals surface area (Å²) in [7, 11) is -5.80. The number of halogens is 3. The van der Waals surface area contributed by atoms with Gasteiger partial charge in [0, 0.05) is 0 Å². The number of hydrogen-bond donors (Lipinski definition) is 0. The minimum Gasteiger partial charge on any atom is -0.353 e. The molecule has 0 saturated heterocycles. The molecule has 24 heavy (non-hydrogen) atoms. The molecule has 0 atom stereocenters. The minimum absolute atomic E-state index is 0.0561. The van der Waals surface area contributed by atoms with E-state index in [1.54, 1.807) is 11.6 Å². The number of hydrogen-bond acceptors (Lipinski definition) is 6. The third kappa shape index (κ3) is 3.17. The molecular weight excluding hydrogens is 349 g/mol. The molecule has 11 heteroatoms. The van der Waals surface area contributed by atoms with Gasteiger partial charge in [0.1, 0.15) is 11.2 Å². The Bertz CT molecular complexity index is 857. The predicted octanol–water partition coefficient (Wildman–Crippen LogP) is 3.03. The van der Waals surface area contributed by atoms with E-state index in [4.69, 9.17) is 0 Å². The summed E-state index contributed by atoms with van der Waals surface area (Å²) in [5.74, 6) is -0.702. The van der Waals surface area contributed by atoms with Crippen LogP contribution in [0.25, 0.3) is 11.2 Å². The van der Waals surface area contributed by atoms with Gasteiger partial charge in [-0.3, -0.25) is 0 Å². The summed E-state index contributed by atoms with van der Waals surface area (Å²) >= 11 is 0. The summed E-state index contributed by atoms with van der Waals surface area (Å²) < 4.78 is 65.5. The highest BCUT2D eigenvalue weighted by molar-refractivity contribution is 7.87. The van der Waals surface area contributed by atoms with Crippen molar-refractivity contribution in [3.63, 3.8) is 0 Å². The Labute approximate surface area is 137 Å². The van der Waals surface area contributed by atoms with E-state index >= 15 is 0 Å². The maximum atomic E-state index is 12.5. The fourth-order valence-electron chi connectivity index (χ4n) is 2.27. The van der Waals surface area contributed by atoms with Crippen LogP contribution in [0, 0.1) is 13.8 Å². The average Bonchev–Trinajstić information content (AvgIpc) is 2.76. The fourth-order valence-corrected chi connectivity index (χ4v) is 2.73. The highest BCUT2D eigenvalue weighted by Crippen LogP contribution is 2.30. The first-order valence-electron chi connectivity index (χ1n) is 7.26. The number of alkyl halides is 3. The van der Waals surface area contributed by atoms with Crippen LogP contribution in [0.3, 0.4) is 0 Å². The SMILES string of the molecule is CCC(CC)n1nc(C)c2nc(OS(=O)(=O)C(F)(F)F)c(C)nc21. The van der Waals surface area contributed by atoms with E-state index in [2.05, 4.69) is 19.2 Å². The molecule has 0 aliphatic carbocycles. The molecule has 134 valence electrons. The van der Waals surface area contributed by atoms with Gasteiger partial charge in [0.05, 0.1) is 11.7 Å². The van der Waals surface area contributed by atoms with Gasteiger partial charge in [-0.1, -0.05) is 13.8 Å². The lowest BCUT2D eigenvalue weighted by atomic mass is 10.2. The smallest absolute Gasteiger partial charge is 0.353 e. The highest BCUT2D eigenvalue weighted by atomic mass is 32.2. The van der Waals surface area contributed by atoms with Gasteiger partial charge >= 0.3 is 15.6 Å². The van der Waals surface area contributed by atoms with E-state index in [-0.39, 0.29) is 17.3 Å². The molecule has 2 aromatic rings. The van der Waals surface area contributed by atoms with Crippen LogP contribution >= 0.6 is 0 Å². The molecule has 7 nitrogen and oxygen atoms in total. The van der Waals surface area contributed by atoms with E-state index in [1.807, 2.05) is 13.8 Å². The van der Waals surface area contributed by atoms with Crippen molar-refractivity contribution in [3.05, 3.63) is 11.4 Å². The maximum absolute atomic E-state index is 12.5. The largest absolute Gasteiger partial charge is 0.534 e. The molecule has 0 aliphatic heterocycles. The number of fused-ring (bicyclic) bond motifs is 1. The Morgan fingerprint density at radius 2 is 1.71 bits per heavy atom. The second-order valence-corrected chi connectivity index (χ2v) is 6.81. The zero-order chi connectivity index (χ0) is 18.3. The number of aryl methyl sites for hydroxylation is 2. The lowest BCUT2D eigenvalue weighted by Crippen LogP contribution is -2.28. The zero-order valence-corrected chi connectivity index (χ0v) is 14.4. The second kappa shape index (κ2) is 6.19. The summed E-state index contributed by atoms with van der Waals surface area (Å²) in [6.45, 7) is 6.90. The minimum atomic E-state index is -5.80. The quantitative estimate of drug-likeness (QED) is 0.597. The third-order valence-electron chi connectivity index (χ3n) is 3.59. The van der Waals surface area contributed by atoms with Crippen LogP contribution in [-0.2, 0) is 10.1 Å². The summed E-state index contributed by atoms with van der Waals surface area (Å²) in [5.41, 5.74) is -4.58. The van der Waals surface area contributed by atoms with Crippen molar-refractivity contribution in [1.29, 1.82) is 0 Å². The van der Waals surface area contributed by atoms with Crippen LogP contribution < -0.4 is 4.18 Å². The first kappa shape index (κ1) is 18.4. The number of nitrogens with zero attached hydrogens (tertiary/aromatic N) is 4. The standard InChI is InChI=1S/C13H17F3N4O3S/c1-5-9(6-2)20-11-10(7(3)19-20)18-12(8(4)17-11)23-24(21,22)13(14,15)16/h9H,5-6H2,1-4H3. The number of aromatic nitrogens is 4. The molecule has 0 amide bonds. The molecule has 2 aromatic heterocycles. The van der Waals surface area contributed by atoms with Gasteiger partial charge in [-0.15, -0.1) is 0 Å². The Balaban J connectivity index is 2.58. The van der Waals surface area contributed by atoms with Crippen LogP contribution in [0.5, 0.6) is 5.88 Å². The molecule has 0 unspecified atom stereocenters. The monoisotopic (exact) mass is 366 g/mol. The zero-order valence-electron chi connectivity index (χ0n) is 13.5. The van der Waals surface area contributed by atoms with Gasteiger partial charge < -0.3 is 4.18 Å². The lowest BCUT2D eigenvalue weighted by Gasteiger charge is -2.14. The first-order valence-corrected chi connectivity index (χ1v) is 8.66. The molecule has 0 aliphatic rings. The van der Waals surface area contributed by atoms with E-state index in [1.165, 1.54) is 6.92 Å². The molecule has 2 rings (SSSR count). The summed E-state index contributed by atoms with van der Waals surface area (Å²) in [6, 6.07) is 0.0561. The number of rotatable bonds is 5. The molecule has 0 N–H and O–H groups in total. The van der Waals surface area contributed by atoms with Gasteiger partial charge in [-0.05, 0) is 26.7 Å². The van der Waals surface area contributed by atoms with Crippen LogP contribution in [0.15, 0.2) is 0 Å². The molecular formula is C13H17F3N4O3S. The topological polar surface area (TPSA) is 87.0 Å². The van der Waals surface area contributed by atoms with Crippen LogP contribution in [0.1, 0.15) is 44.1 Å². The van der Waals surface area contributed by atoms with Crippen LogP contribution in [0.2, 0.25) is 0 Å². The van der Waals surface area contributed by atoms with Gasteiger partial charge in [-0.25, -0.2) is 14.6 Å². The van der Waals surface area contributed by atoms with Crippen molar-refractivity contribution in [2.45, 2.75) is 52.1 Å².